The quantitative estimate of drug-likeness (QED) is 0.214. The number of alkyl halides is 4. The van der Waals surface area contributed by atoms with E-state index in [4.69, 9.17) is 17.0 Å². The lowest BCUT2D eigenvalue weighted by Gasteiger charge is -2.15. The number of thiocarbonyl (C=S) groups is 1. The second kappa shape index (κ2) is 12.1. The van der Waals surface area contributed by atoms with Crippen molar-refractivity contribution >= 4 is 34.9 Å². The fourth-order valence-electron chi connectivity index (χ4n) is 2.42. The second-order valence-electron chi connectivity index (χ2n) is 6.59. The van der Waals surface area contributed by atoms with Crippen LogP contribution < -0.4 is 16.2 Å². The van der Waals surface area contributed by atoms with E-state index in [2.05, 4.69) is 20.9 Å². The molecule has 2 aromatic rings. The third-order valence-electron chi connectivity index (χ3n) is 4.02. The maximum atomic E-state index is 12.9. The number of amides is 1. The molecule has 0 fully saturated rings. The third kappa shape index (κ3) is 8.31. The molecule has 0 saturated heterocycles. The Bertz CT molecular complexity index is 974. The number of anilines is 1. The fraction of sp³-hybridized carbons (Fsp3) is 0.286. The van der Waals surface area contributed by atoms with Gasteiger partial charge in [0.15, 0.2) is 5.11 Å². The lowest BCUT2D eigenvalue weighted by molar-refractivity contribution is -0.168. The lowest BCUT2D eigenvalue weighted by Crippen LogP contribution is -2.43. The first-order chi connectivity index (χ1) is 15.6. The standard InChI is InChI=1S/C21H21F4N3O4S/c1-2-32-18(30)14-6-8-16(9-7-14)26-20(33)28-27-17(29)15-5-3-4-13(10-15)11-31-12-21(24,25)19(22)23/h3-10,19H,2,11-12H2,1H3,(H,27,29)(H2,26,28,33). The summed E-state index contributed by atoms with van der Waals surface area (Å²) in [5.41, 5.74) is 6.28. The van der Waals surface area contributed by atoms with Gasteiger partial charge in [-0.2, -0.15) is 8.78 Å². The molecule has 3 N–H and O–H groups in total. The smallest absolute Gasteiger partial charge is 0.338 e. The summed E-state index contributed by atoms with van der Waals surface area (Å²) < 4.78 is 59.6. The molecule has 2 aromatic carbocycles. The topological polar surface area (TPSA) is 88.7 Å². The molecule has 0 bridgehead atoms. The minimum atomic E-state index is -4.25. The highest BCUT2D eigenvalue weighted by Gasteiger charge is 2.40. The maximum absolute atomic E-state index is 12.9. The van der Waals surface area contributed by atoms with E-state index >= 15 is 0 Å². The zero-order valence-corrected chi connectivity index (χ0v) is 18.2. The number of carbonyl (C=O) groups excluding carboxylic acids is 2. The summed E-state index contributed by atoms with van der Waals surface area (Å²) in [5, 5.41) is 2.87. The van der Waals surface area contributed by atoms with Crippen molar-refractivity contribution in [3.05, 3.63) is 65.2 Å². The van der Waals surface area contributed by atoms with Crippen LogP contribution in [0.3, 0.4) is 0 Å². The van der Waals surface area contributed by atoms with Gasteiger partial charge in [0, 0.05) is 11.3 Å². The molecular weight excluding hydrogens is 466 g/mol. The summed E-state index contributed by atoms with van der Waals surface area (Å²) in [6, 6.07) is 12.1. The number of nitrogens with one attached hydrogen (secondary N) is 3. The first-order valence-electron chi connectivity index (χ1n) is 9.59. The van der Waals surface area contributed by atoms with Crippen LogP contribution in [0, 0.1) is 0 Å². The van der Waals surface area contributed by atoms with Crippen LogP contribution in [0.4, 0.5) is 23.2 Å². The van der Waals surface area contributed by atoms with Gasteiger partial charge >= 0.3 is 18.3 Å². The highest BCUT2D eigenvalue weighted by molar-refractivity contribution is 7.80. The summed E-state index contributed by atoms with van der Waals surface area (Å²) in [6.07, 6.45) is -3.83. The van der Waals surface area contributed by atoms with Crippen LogP contribution in [0.15, 0.2) is 48.5 Å². The SMILES string of the molecule is CCOC(=O)c1ccc(NC(=S)NNC(=O)c2cccc(COCC(F)(F)C(F)F)c2)cc1. The number of benzene rings is 2. The van der Waals surface area contributed by atoms with Crippen LogP contribution in [0.2, 0.25) is 0 Å². The van der Waals surface area contributed by atoms with Crippen molar-refractivity contribution in [1.82, 2.24) is 10.9 Å². The monoisotopic (exact) mass is 487 g/mol. The van der Waals surface area contributed by atoms with Crippen LogP contribution in [0.25, 0.3) is 0 Å². The van der Waals surface area contributed by atoms with Crippen molar-refractivity contribution in [1.29, 1.82) is 0 Å². The molecule has 7 nitrogen and oxygen atoms in total. The van der Waals surface area contributed by atoms with E-state index in [-0.39, 0.29) is 23.9 Å². The summed E-state index contributed by atoms with van der Waals surface area (Å²) in [5.74, 6) is -5.29. The Kier molecular flexibility index (Phi) is 9.55. The van der Waals surface area contributed by atoms with Gasteiger partial charge in [0.2, 0.25) is 0 Å². The maximum Gasteiger partial charge on any atom is 0.338 e. The number of hydrogen-bond donors (Lipinski definition) is 3. The van der Waals surface area contributed by atoms with E-state index < -0.39 is 30.8 Å². The Labute approximate surface area is 192 Å². The van der Waals surface area contributed by atoms with E-state index in [1.54, 1.807) is 31.2 Å². The summed E-state index contributed by atoms with van der Waals surface area (Å²) in [6.45, 7) is 0.146. The van der Waals surface area contributed by atoms with Crippen LogP contribution >= 0.6 is 12.2 Å². The predicted molar refractivity (Wildman–Crippen MR) is 116 cm³/mol. The van der Waals surface area contributed by atoms with Gasteiger partial charge in [0.25, 0.3) is 5.91 Å². The molecule has 0 aliphatic carbocycles. The number of rotatable bonds is 9. The number of hydrogen-bond acceptors (Lipinski definition) is 5. The average Bonchev–Trinajstić information content (AvgIpc) is 2.78. The average molecular weight is 487 g/mol. The van der Waals surface area contributed by atoms with E-state index in [1.165, 1.54) is 24.3 Å². The van der Waals surface area contributed by atoms with Gasteiger partial charge in [-0.3, -0.25) is 15.6 Å². The van der Waals surface area contributed by atoms with Crippen molar-refractivity contribution in [2.75, 3.05) is 18.5 Å². The highest BCUT2D eigenvalue weighted by Crippen LogP contribution is 2.23. The van der Waals surface area contributed by atoms with Crippen LogP contribution in [0.1, 0.15) is 33.2 Å². The molecule has 0 saturated carbocycles. The van der Waals surface area contributed by atoms with Crippen molar-refractivity contribution in [2.45, 2.75) is 25.9 Å². The Morgan fingerprint density at radius 1 is 1.06 bits per heavy atom. The summed E-state index contributed by atoms with van der Waals surface area (Å²) in [7, 11) is 0. The van der Waals surface area contributed by atoms with Gasteiger partial charge in [0.05, 0.1) is 18.8 Å². The molecule has 0 aromatic heterocycles. The first kappa shape index (κ1) is 26.0. The zero-order valence-electron chi connectivity index (χ0n) is 17.4. The Balaban J connectivity index is 1.83. The van der Waals surface area contributed by atoms with Crippen LogP contribution in [-0.2, 0) is 16.1 Å². The zero-order chi connectivity index (χ0) is 24.4. The number of ether oxygens (including phenoxy) is 2. The molecule has 0 radical (unpaired) electrons. The molecule has 2 rings (SSSR count). The molecule has 33 heavy (non-hydrogen) atoms. The van der Waals surface area contributed by atoms with E-state index in [0.29, 0.717) is 16.8 Å². The molecule has 0 aliphatic rings. The Hall–Kier alpha value is -3.25. The molecule has 0 heterocycles. The minimum Gasteiger partial charge on any atom is -0.462 e. The third-order valence-corrected chi connectivity index (χ3v) is 4.22. The predicted octanol–water partition coefficient (Wildman–Crippen LogP) is 3.91. The van der Waals surface area contributed by atoms with Gasteiger partial charge in [0.1, 0.15) is 6.61 Å². The van der Waals surface area contributed by atoms with Crippen LogP contribution in [0.5, 0.6) is 0 Å². The van der Waals surface area contributed by atoms with Crippen molar-refractivity contribution < 1.29 is 36.6 Å². The van der Waals surface area contributed by atoms with Crippen LogP contribution in [-0.4, -0.2) is 42.6 Å². The highest BCUT2D eigenvalue weighted by atomic mass is 32.1. The largest absolute Gasteiger partial charge is 0.462 e. The Morgan fingerprint density at radius 2 is 1.76 bits per heavy atom. The number of carbonyl (C=O) groups is 2. The summed E-state index contributed by atoms with van der Waals surface area (Å²) in [4.78, 5) is 23.9. The van der Waals surface area contributed by atoms with E-state index in [0.717, 1.165) is 0 Å². The van der Waals surface area contributed by atoms with Crippen molar-refractivity contribution in [3.63, 3.8) is 0 Å². The number of halogens is 4. The van der Waals surface area contributed by atoms with Gasteiger partial charge < -0.3 is 14.8 Å². The van der Waals surface area contributed by atoms with E-state index in [9.17, 15) is 27.2 Å². The summed E-state index contributed by atoms with van der Waals surface area (Å²) >= 11 is 5.09. The van der Waals surface area contributed by atoms with E-state index in [1.807, 2.05) is 0 Å². The first-order valence-corrected chi connectivity index (χ1v) is 10.0. The van der Waals surface area contributed by atoms with Gasteiger partial charge in [-0.05, 0) is 61.1 Å². The number of esters is 1. The molecule has 0 atom stereocenters. The number of hydrazine groups is 1. The molecule has 0 aliphatic heterocycles. The van der Waals surface area contributed by atoms with Gasteiger partial charge in [-0.15, -0.1) is 0 Å². The molecule has 0 unspecified atom stereocenters. The second-order valence-corrected chi connectivity index (χ2v) is 6.99. The van der Waals surface area contributed by atoms with Gasteiger partial charge in [-0.1, -0.05) is 12.1 Å². The molecular formula is C21H21F4N3O4S. The molecule has 12 heteroatoms. The van der Waals surface area contributed by atoms with Gasteiger partial charge in [-0.25, -0.2) is 13.6 Å². The lowest BCUT2D eigenvalue weighted by atomic mass is 10.1. The minimum absolute atomic E-state index is 0.0564. The van der Waals surface area contributed by atoms with Crippen molar-refractivity contribution in [3.8, 4) is 0 Å². The fourth-order valence-corrected chi connectivity index (χ4v) is 2.59. The molecule has 178 valence electrons. The Morgan fingerprint density at radius 3 is 2.39 bits per heavy atom. The molecule has 0 spiro atoms. The molecule has 1 amide bonds. The van der Waals surface area contributed by atoms with Crippen molar-refractivity contribution in [2.24, 2.45) is 0 Å². The normalized spacial score (nSPS) is 11.1.